The van der Waals surface area contributed by atoms with E-state index >= 15 is 0 Å². The predicted molar refractivity (Wildman–Crippen MR) is 114 cm³/mol. The van der Waals surface area contributed by atoms with Gasteiger partial charge in [-0.25, -0.2) is 9.18 Å². The fourth-order valence-electron chi connectivity index (χ4n) is 2.82. The quantitative estimate of drug-likeness (QED) is 0.570. The van der Waals surface area contributed by atoms with E-state index in [9.17, 15) is 18.8 Å². The standard InChI is InChI=1S/C21H17ClFNO6S/c1-2-29-16-8-3-5-12(19(16)30-11-18(25)26)9-17-20(27)24(21(28)31-17)10-13-14(22)6-4-7-15(13)23/h3-9H,2,10-11H2,1H3,(H,25,26)/b17-9-. The number of nitrogens with zero attached hydrogens (tertiary/aromatic N) is 1. The van der Waals surface area contributed by atoms with Gasteiger partial charge >= 0.3 is 5.97 Å². The maximum Gasteiger partial charge on any atom is 0.341 e. The van der Waals surface area contributed by atoms with Crippen molar-refractivity contribution in [2.75, 3.05) is 13.2 Å². The van der Waals surface area contributed by atoms with Gasteiger partial charge in [-0.05, 0) is 43.0 Å². The Morgan fingerprint density at radius 2 is 1.97 bits per heavy atom. The van der Waals surface area contributed by atoms with Crippen molar-refractivity contribution in [1.29, 1.82) is 0 Å². The first-order valence-corrected chi connectivity index (χ1v) is 10.3. The number of carbonyl (C=O) groups excluding carboxylic acids is 2. The Bertz CT molecular complexity index is 1050. The normalized spacial score (nSPS) is 14.9. The fraction of sp³-hybridized carbons (Fsp3) is 0.190. The molecule has 1 fully saturated rings. The SMILES string of the molecule is CCOc1cccc(/C=C2\SC(=O)N(Cc3c(F)cccc3Cl)C2=O)c1OCC(=O)O. The third-order valence-corrected chi connectivity index (χ3v) is 5.45. The molecular weight excluding hydrogens is 449 g/mol. The van der Waals surface area contributed by atoms with E-state index in [1.165, 1.54) is 24.3 Å². The number of benzene rings is 2. The van der Waals surface area contributed by atoms with Crippen LogP contribution in [0.2, 0.25) is 5.02 Å². The maximum absolute atomic E-state index is 14.1. The van der Waals surface area contributed by atoms with E-state index in [2.05, 4.69) is 0 Å². The molecule has 7 nitrogen and oxygen atoms in total. The van der Waals surface area contributed by atoms with E-state index in [-0.39, 0.29) is 27.8 Å². The van der Waals surface area contributed by atoms with E-state index in [1.807, 2.05) is 0 Å². The zero-order chi connectivity index (χ0) is 22.5. The van der Waals surface area contributed by atoms with E-state index in [4.69, 9.17) is 26.2 Å². The smallest absolute Gasteiger partial charge is 0.341 e. The summed E-state index contributed by atoms with van der Waals surface area (Å²) in [5, 5.41) is 8.46. The van der Waals surface area contributed by atoms with Crippen LogP contribution < -0.4 is 9.47 Å². The van der Waals surface area contributed by atoms with Gasteiger partial charge in [-0.1, -0.05) is 29.8 Å². The first-order chi connectivity index (χ1) is 14.8. The molecule has 0 radical (unpaired) electrons. The van der Waals surface area contributed by atoms with Crippen LogP contribution in [-0.2, 0) is 16.1 Å². The van der Waals surface area contributed by atoms with Crippen LogP contribution in [0.5, 0.6) is 11.5 Å². The summed E-state index contributed by atoms with van der Waals surface area (Å²) in [6.45, 7) is 1.15. The highest BCUT2D eigenvalue weighted by molar-refractivity contribution is 8.18. The predicted octanol–water partition coefficient (Wildman–Crippen LogP) is 4.58. The zero-order valence-corrected chi connectivity index (χ0v) is 17.8. The fourth-order valence-corrected chi connectivity index (χ4v) is 3.87. The Hall–Kier alpha value is -3.04. The van der Waals surface area contributed by atoms with Gasteiger partial charge < -0.3 is 14.6 Å². The highest BCUT2D eigenvalue weighted by atomic mass is 35.5. The van der Waals surface area contributed by atoms with Gasteiger partial charge in [0.1, 0.15) is 5.82 Å². The molecule has 2 aromatic rings. The average molecular weight is 466 g/mol. The van der Waals surface area contributed by atoms with Crippen molar-refractivity contribution in [3.63, 3.8) is 0 Å². The second kappa shape index (κ2) is 9.84. The van der Waals surface area contributed by atoms with Crippen LogP contribution in [0.4, 0.5) is 9.18 Å². The second-order valence-corrected chi connectivity index (χ2v) is 7.66. The van der Waals surface area contributed by atoms with Gasteiger partial charge in [0.2, 0.25) is 0 Å². The Labute approximate surface area is 186 Å². The van der Waals surface area contributed by atoms with Crippen molar-refractivity contribution in [3.05, 3.63) is 63.3 Å². The number of aliphatic carboxylic acids is 1. The monoisotopic (exact) mass is 465 g/mol. The molecule has 0 saturated carbocycles. The summed E-state index contributed by atoms with van der Waals surface area (Å²) in [5.74, 6) is -1.99. The summed E-state index contributed by atoms with van der Waals surface area (Å²) >= 11 is 6.69. The average Bonchev–Trinajstić information content (AvgIpc) is 2.97. The number of hydrogen-bond acceptors (Lipinski definition) is 6. The topological polar surface area (TPSA) is 93.1 Å². The minimum atomic E-state index is -1.18. The molecule has 0 aromatic heterocycles. The van der Waals surface area contributed by atoms with Crippen molar-refractivity contribution >= 4 is 46.6 Å². The minimum absolute atomic E-state index is 0.0385. The molecular formula is C21H17ClFNO6S. The first-order valence-electron chi connectivity index (χ1n) is 9.10. The molecule has 1 aliphatic rings. The van der Waals surface area contributed by atoms with Gasteiger partial charge in [0.15, 0.2) is 18.1 Å². The van der Waals surface area contributed by atoms with Crippen molar-refractivity contribution in [2.45, 2.75) is 13.5 Å². The lowest BCUT2D eigenvalue weighted by molar-refractivity contribution is -0.139. The van der Waals surface area contributed by atoms with Gasteiger partial charge in [0.05, 0.1) is 18.1 Å². The summed E-state index contributed by atoms with van der Waals surface area (Å²) in [6.07, 6.45) is 1.41. The van der Waals surface area contributed by atoms with Gasteiger partial charge in [-0.3, -0.25) is 14.5 Å². The van der Waals surface area contributed by atoms with Crippen molar-refractivity contribution in [2.24, 2.45) is 0 Å². The third-order valence-electron chi connectivity index (χ3n) is 4.19. The molecule has 2 aromatic carbocycles. The molecule has 1 heterocycles. The summed E-state index contributed by atoms with van der Waals surface area (Å²) in [7, 11) is 0. The number of carboxylic acids is 1. The number of imide groups is 1. The molecule has 10 heteroatoms. The number of ether oxygens (including phenoxy) is 2. The Morgan fingerprint density at radius 1 is 1.23 bits per heavy atom. The molecule has 0 atom stereocenters. The van der Waals surface area contributed by atoms with Gasteiger partial charge in [0.25, 0.3) is 11.1 Å². The van der Waals surface area contributed by atoms with Crippen LogP contribution in [0.15, 0.2) is 41.3 Å². The highest BCUT2D eigenvalue weighted by Gasteiger charge is 2.36. The summed E-state index contributed by atoms with van der Waals surface area (Å²) < 4.78 is 24.9. The Balaban J connectivity index is 1.92. The lowest BCUT2D eigenvalue weighted by Crippen LogP contribution is -2.28. The Kier molecular flexibility index (Phi) is 7.19. The van der Waals surface area contributed by atoms with Gasteiger partial charge in [-0.15, -0.1) is 0 Å². The maximum atomic E-state index is 14.1. The molecule has 31 heavy (non-hydrogen) atoms. The largest absolute Gasteiger partial charge is 0.490 e. The second-order valence-electron chi connectivity index (χ2n) is 6.26. The molecule has 0 unspecified atom stereocenters. The van der Waals surface area contributed by atoms with Crippen LogP contribution in [0.1, 0.15) is 18.1 Å². The highest BCUT2D eigenvalue weighted by Crippen LogP contribution is 2.38. The molecule has 162 valence electrons. The lowest BCUT2D eigenvalue weighted by Gasteiger charge is -2.14. The summed E-state index contributed by atoms with van der Waals surface area (Å²) in [4.78, 5) is 37.1. The number of para-hydroxylation sites is 1. The van der Waals surface area contributed by atoms with Crippen molar-refractivity contribution < 1.29 is 33.4 Å². The number of amides is 2. The van der Waals surface area contributed by atoms with E-state index in [1.54, 1.807) is 25.1 Å². The van der Waals surface area contributed by atoms with E-state index in [0.29, 0.717) is 29.7 Å². The van der Waals surface area contributed by atoms with Crippen molar-refractivity contribution in [1.82, 2.24) is 4.90 Å². The number of rotatable bonds is 8. The summed E-state index contributed by atoms with van der Waals surface area (Å²) in [5.41, 5.74) is 0.401. The third kappa shape index (κ3) is 5.18. The molecule has 0 aliphatic carbocycles. The number of thioether (sulfide) groups is 1. The number of carbonyl (C=O) groups is 3. The van der Waals surface area contributed by atoms with Crippen LogP contribution in [-0.4, -0.2) is 40.3 Å². The summed E-state index contributed by atoms with van der Waals surface area (Å²) in [6, 6.07) is 8.94. The van der Waals surface area contributed by atoms with Crippen LogP contribution in [0, 0.1) is 5.82 Å². The molecule has 1 saturated heterocycles. The number of hydrogen-bond donors (Lipinski definition) is 1. The molecule has 1 N–H and O–H groups in total. The van der Waals surface area contributed by atoms with Crippen LogP contribution >= 0.6 is 23.4 Å². The number of halogens is 2. The van der Waals surface area contributed by atoms with E-state index < -0.39 is 29.5 Å². The van der Waals surface area contributed by atoms with Crippen molar-refractivity contribution in [3.8, 4) is 11.5 Å². The molecule has 3 rings (SSSR count). The van der Waals surface area contributed by atoms with Crippen LogP contribution in [0.25, 0.3) is 6.08 Å². The van der Waals surface area contributed by atoms with Gasteiger partial charge in [0, 0.05) is 16.1 Å². The molecule has 2 amide bonds. The van der Waals surface area contributed by atoms with Gasteiger partial charge in [-0.2, -0.15) is 0 Å². The zero-order valence-electron chi connectivity index (χ0n) is 16.3. The lowest BCUT2D eigenvalue weighted by atomic mass is 10.1. The van der Waals surface area contributed by atoms with Crippen LogP contribution in [0.3, 0.4) is 0 Å². The molecule has 1 aliphatic heterocycles. The molecule has 0 bridgehead atoms. The first kappa shape index (κ1) is 22.6. The minimum Gasteiger partial charge on any atom is -0.490 e. The number of carboxylic acid groups (broad SMARTS) is 1. The Morgan fingerprint density at radius 3 is 2.65 bits per heavy atom. The van der Waals surface area contributed by atoms with E-state index in [0.717, 1.165) is 4.90 Å². The molecule has 0 spiro atoms.